The van der Waals surface area contributed by atoms with Crippen LogP contribution in [-0.2, 0) is 11.2 Å². The zero-order valence-corrected chi connectivity index (χ0v) is 14.2. The molecule has 2 aromatic rings. The fraction of sp³-hybridized carbons (Fsp3) is 0.579. The van der Waals surface area contributed by atoms with Crippen molar-refractivity contribution in [3.05, 3.63) is 29.8 Å². The van der Waals surface area contributed by atoms with E-state index in [0.29, 0.717) is 11.6 Å². The number of aliphatic carboxylic acids is 1. The number of aromatic nitrogens is 2. The van der Waals surface area contributed by atoms with Crippen LogP contribution < -0.4 is 0 Å². The highest BCUT2D eigenvalue weighted by Gasteiger charge is 2.35. The molecule has 1 saturated heterocycles. The summed E-state index contributed by atoms with van der Waals surface area (Å²) in [5, 5.41) is 9.25. The molecular weight excluding hydrogens is 321 g/mol. The first-order valence-electron chi connectivity index (χ1n) is 9.18. The van der Waals surface area contributed by atoms with Gasteiger partial charge in [-0.1, -0.05) is 6.42 Å². The number of H-pyrrole nitrogens is 1. The Kier molecular flexibility index (Phi) is 4.46. The molecule has 0 bridgehead atoms. The molecule has 2 heterocycles. The molecular formula is C19H24FN3O2. The van der Waals surface area contributed by atoms with Gasteiger partial charge in [-0.3, -0.25) is 4.79 Å². The molecule has 1 aromatic heterocycles. The van der Waals surface area contributed by atoms with Gasteiger partial charge in [-0.25, -0.2) is 9.37 Å². The molecule has 4 rings (SSSR count). The van der Waals surface area contributed by atoms with E-state index in [1.165, 1.54) is 31.4 Å². The summed E-state index contributed by atoms with van der Waals surface area (Å²) in [5.74, 6) is 0.283. The lowest BCUT2D eigenvalue weighted by molar-refractivity contribution is -0.139. The Labute approximate surface area is 146 Å². The Bertz CT molecular complexity index is 771. The molecule has 0 amide bonds. The van der Waals surface area contributed by atoms with Gasteiger partial charge >= 0.3 is 5.97 Å². The highest BCUT2D eigenvalue weighted by Crippen LogP contribution is 2.34. The lowest BCUT2D eigenvalue weighted by Crippen LogP contribution is -2.49. The van der Waals surface area contributed by atoms with Crippen LogP contribution in [0.25, 0.3) is 11.0 Å². The van der Waals surface area contributed by atoms with Crippen molar-refractivity contribution in [2.45, 2.75) is 44.6 Å². The number of fused-ring (bicyclic) bond motifs is 1. The Morgan fingerprint density at radius 1 is 1.32 bits per heavy atom. The van der Waals surface area contributed by atoms with Crippen molar-refractivity contribution in [2.24, 2.45) is 11.8 Å². The first-order chi connectivity index (χ1) is 12.1. The third-order valence-electron chi connectivity index (χ3n) is 5.90. The topological polar surface area (TPSA) is 69.2 Å². The molecule has 2 atom stereocenters. The van der Waals surface area contributed by atoms with E-state index in [1.807, 2.05) is 0 Å². The first kappa shape index (κ1) is 16.5. The van der Waals surface area contributed by atoms with Gasteiger partial charge in [-0.05, 0) is 55.8 Å². The summed E-state index contributed by atoms with van der Waals surface area (Å²) in [6.07, 6.45) is 5.71. The maximum absolute atomic E-state index is 13.4. The average molecular weight is 345 g/mol. The molecule has 1 aliphatic carbocycles. The van der Waals surface area contributed by atoms with Crippen LogP contribution in [-0.4, -0.2) is 45.1 Å². The number of hydrogen-bond acceptors (Lipinski definition) is 3. The maximum Gasteiger partial charge on any atom is 0.303 e. The number of piperidine rings is 1. The van der Waals surface area contributed by atoms with Crippen molar-refractivity contribution in [1.82, 2.24) is 14.9 Å². The van der Waals surface area contributed by atoms with E-state index in [-0.39, 0.29) is 24.1 Å². The Morgan fingerprint density at radius 2 is 2.16 bits per heavy atom. The number of hydrogen-bond donors (Lipinski definition) is 2. The highest BCUT2D eigenvalue weighted by atomic mass is 19.1. The summed E-state index contributed by atoms with van der Waals surface area (Å²) in [5.41, 5.74) is 1.47. The van der Waals surface area contributed by atoms with Gasteiger partial charge in [0.05, 0.1) is 11.0 Å². The highest BCUT2D eigenvalue weighted by molar-refractivity contribution is 5.74. The number of rotatable bonds is 5. The first-order valence-corrected chi connectivity index (χ1v) is 9.18. The minimum atomic E-state index is -0.723. The van der Waals surface area contributed by atoms with Crippen molar-refractivity contribution in [3.63, 3.8) is 0 Å². The van der Waals surface area contributed by atoms with Crippen molar-refractivity contribution >= 4 is 17.0 Å². The van der Waals surface area contributed by atoms with Crippen LogP contribution in [0.3, 0.4) is 0 Å². The van der Waals surface area contributed by atoms with Crippen LogP contribution >= 0.6 is 0 Å². The number of carboxylic acids is 1. The van der Waals surface area contributed by atoms with Gasteiger partial charge in [0, 0.05) is 25.4 Å². The van der Waals surface area contributed by atoms with E-state index in [1.54, 1.807) is 6.07 Å². The molecule has 5 nitrogen and oxygen atoms in total. The second-order valence-corrected chi connectivity index (χ2v) is 7.54. The number of nitrogens with one attached hydrogen (secondary N) is 1. The van der Waals surface area contributed by atoms with E-state index in [0.717, 1.165) is 37.3 Å². The third kappa shape index (κ3) is 3.54. The fourth-order valence-corrected chi connectivity index (χ4v) is 4.30. The van der Waals surface area contributed by atoms with Crippen LogP contribution in [0.5, 0.6) is 0 Å². The zero-order chi connectivity index (χ0) is 17.4. The van der Waals surface area contributed by atoms with Gasteiger partial charge in [-0.15, -0.1) is 0 Å². The van der Waals surface area contributed by atoms with Crippen molar-refractivity contribution in [3.8, 4) is 0 Å². The van der Waals surface area contributed by atoms with Crippen LogP contribution in [0.4, 0.5) is 4.39 Å². The third-order valence-corrected chi connectivity index (χ3v) is 5.90. The second-order valence-electron chi connectivity index (χ2n) is 7.54. The molecule has 2 unspecified atom stereocenters. The van der Waals surface area contributed by atoms with E-state index in [9.17, 15) is 14.3 Å². The lowest BCUT2D eigenvalue weighted by atomic mass is 9.79. The molecule has 6 heteroatoms. The van der Waals surface area contributed by atoms with Gasteiger partial charge in [0.15, 0.2) is 0 Å². The van der Waals surface area contributed by atoms with Gasteiger partial charge < -0.3 is 15.0 Å². The number of halogens is 1. The summed E-state index contributed by atoms with van der Waals surface area (Å²) in [4.78, 5) is 21.6. The number of benzene rings is 1. The summed E-state index contributed by atoms with van der Waals surface area (Å²) < 4.78 is 13.4. The lowest BCUT2D eigenvalue weighted by Gasteiger charge is -2.45. The van der Waals surface area contributed by atoms with Crippen LogP contribution in [0.1, 0.15) is 37.9 Å². The quantitative estimate of drug-likeness (QED) is 0.873. The fourth-order valence-electron chi connectivity index (χ4n) is 4.30. The van der Waals surface area contributed by atoms with E-state index in [4.69, 9.17) is 0 Å². The summed E-state index contributed by atoms with van der Waals surface area (Å²) in [7, 11) is 0. The molecule has 1 aromatic carbocycles. The molecule has 0 radical (unpaired) electrons. The summed E-state index contributed by atoms with van der Waals surface area (Å²) in [6, 6.07) is 5.24. The number of carboxylic acid groups (broad SMARTS) is 1. The number of carbonyl (C=O) groups is 1. The molecule has 2 N–H and O–H groups in total. The average Bonchev–Trinajstić information content (AvgIpc) is 2.89. The SMILES string of the molecule is O=C(O)CC1CCN(C2CCC2)CC1Cc1nc2ccc(F)cc2[nH]1. The van der Waals surface area contributed by atoms with Crippen molar-refractivity contribution in [1.29, 1.82) is 0 Å². The Balaban J connectivity index is 1.52. The molecule has 1 saturated carbocycles. The largest absolute Gasteiger partial charge is 0.481 e. The molecule has 134 valence electrons. The van der Waals surface area contributed by atoms with Gasteiger partial charge in [0.1, 0.15) is 11.6 Å². The van der Waals surface area contributed by atoms with Gasteiger partial charge in [0.25, 0.3) is 0 Å². The van der Waals surface area contributed by atoms with Crippen molar-refractivity contribution in [2.75, 3.05) is 13.1 Å². The van der Waals surface area contributed by atoms with Crippen LogP contribution in [0, 0.1) is 17.7 Å². The van der Waals surface area contributed by atoms with Crippen LogP contribution in [0.2, 0.25) is 0 Å². The van der Waals surface area contributed by atoms with Gasteiger partial charge in [0.2, 0.25) is 0 Å². The number of aromatic amines is 1. The predicted octanol–water partition coefficient (Wildman–Crippen LogP) is 3.21. The number of imidazole rings is 1. The normalized spacial score (nSPS) is 25.2. The monoisotopic (exact) mass is 345 g/mol. The predicted molar refractivity (Wildman–Crippen MR) is 92.8 cm³/mol. The summed E-state index contributed by atoms with van der Waals surface area (Å²) >= 11 is 0. The Morgan fingerprint density at radius 3 is 2.88 bits per heavy atom. The van der Waals surface area contributed by atoms with Gasteiger partial charge in [-0.2, -0.15) is 0 Å². The van der Waals surface area contributed by atoms with E-state index >= 15 is 0 Å². The minimum Gasteiger partial charge on any atom is -0.481 e. The maximum atomic E-state index is 13.4. The number of nitrogens with zero attached hydrogens (tertiary/aromatic N) is 2. The number of likely N-dealkylation sites (tertiary alicyclic amines) is 1. The molecule has 1 aliphatic heterocycles. The van der Waals surface area contributed by atoms with Crippen LogP contribution in [0.15, 0.2) is 18.2 Å². The molecule has 2 aliphatic rings. The minimum absolute atomic E-state index is 0.179. The smallest absolute Gasteiger partial charge is 0.303 e. The van der Waals surface area contributed by atoms with Crippen molar-refractivity contribution < 1.29 is 14.3 Å². The standard InChI is InChI=1S/C19H24FN3O2/c20-14-4-5-16-17(10-14)22-18(21-16)8-13-11-23(15-2-1-3-15)7-6-12(13)9-19(24)25/h4-5,10,12-13,15H,1-3,6-9,11H2,(H,21,22)(H,24,25). The van der Waals surface area contributed by atoms with E-state index < -0.39 is 5.97 Å². The summed E-state index contributed by atoms with van der Waals surface area (Å²) in [6.45, 7) is 1.94. The van der Waals surface area contributed by atoms with E-state index in [2.05, 4.69) is 14.9 Å². The molecule has 0 spiro atoms. The molecule has 2 fully saturated rings. The second kappa shape index (κ2) is 6.75. The molecule has 25 heavy (non-hydrogen) atoms. The zero-order valence-electron chi connectivity index (χ0n) is 14.2. The Hall–Kier alpha value is -1.95.